The maximum atomic E-state index is 13.3. The quantitative estimate of drug-likeness (QED) is 0.904. The summed E-state index contributed by atoms with van der Waals surface area (Å²) < 4.78 is 13.8. The smallest absolute Gasteiger partial charge is 0.233 e. The topological polar surface area (TPSA) is 32.3 Å². The number of carbonyl (C=O) groups is 1. The molecule has 0 aliphatic rings. The highest BCUT2D eigenvalue weighted by atomic mass is 79.9. The molecule has 17 heavy (non-hydrogen) atoms. The van der Waals surface area contributed by atoms with Crippen molar-refractivity contribution in [1.29, 1.82) is 0 Å². The number of hydrogen-bond acceptors (Lipinski definition) is 2. The normalized spacial score (nSPS) is 10.6. The molecule has 1 aromatic rings. The zero-order chi connectivity index (χ0) is 12.8. The van der Waals surface area contributed by atoms with Gasteiger partial charge in [-0.1, -0.05) is 19.1 Å². The van der Waals surface area contributed by atoms with Crippen molar-refractivity contribution in [1.82, 2.24) is 10.2 Å². The van der Waals surface area contributed by atoms with Crippen molar-refractivity contribution >= 4 is 21.8 Å². The van der Waals surface area contributed by atoms with E-state index in [1.54, 1.807) is 13.1 Å². The monoisotopic (exact) mass is 302 g/mol. The van der Waals surface area contributed by atoms with Gasteiger partial charge in [0.05, 0.1) is 11.0 Å². The van der Waals surface area contributed by atoms with Crippen LogP contribution in [0, 0.1) is 5.82 Å². The molecule has 0 aromatic heterocycles. The van der Waals surface area contributed by atoms with Crippen molar-refractivity contribution in [3.63, 3.8) is 0 Å². The minimum Gasteiger partial charge on any atom is -0.358 e. The number of benzene rings is 1. The molecule has 0 aliphatic carbocycles. The van der Waals surface area contributed by atoms with Crippen LogP contribution >= 0.6 is 15.9 Å². The van der Waals surface area contributed by atoms with E-state index in [-0.39, 0.29) is 11.7 Å². The van der Waals surface area contributed by atoms with E-state index in [0.717, 1.165) is 12.1 Å². The number of rotatable bonds is 5. The number of halogens is 2. The van der Waals surface area contributed by atoms with Crippen LogP contribution in [-0.4, -0.2) is 30.9 Å². The lowest BCUT2D eigenvalue weighted by atomic mass is 10.2. The second-order valence-electron chi connectivity index (χ2n) is 3.69. The van der Waals surface area contributed by atoms with Crippen LogP contribution < -0.4 is 5.32 Å². The van der Waals surface area contributed by atoms with E-state index in [2.05, 4.69) is 21.2 Å². The Bertz CT molecular complexity index is 398. The average molecular weight is 303 g/mol. The van der Waals surface area contributed by atoms with Gasteiger partial charge in [-0.25, -0.2) is 4.39 Å². The van der Waals surface area contributed by atoms with Crippen molar-refractivity contribution in [3.05, 3.63) is 34.1 Å². The van der Waals surface area contributed by atoms with Gasteiger partial charge in [0.2, 0.25) is 5.91 Å². The van der Waals surface area contributed by atoms with Crippen molar-refractivity contribution in [2.45, 2.75) is 13.5 Å². The number of hydrogen-bond donors (Lipinski definition) is 1. The van der Waals surface area contributed by atoms with Crippen LogP contribution in [0.2, 0.25) is 0 Å². The summed E-state index contributed by atoms with van der Waals surface area (Å²) in [5, 5.41) is 2.58. The maximum Gasteiger partial charge on any atom is 0.233 e. The molecule has 3 nitrogen and oxygen atoms in total. The minimum atomic E-state index is -0.279. The van der Waals surface area contributed by atoms with Gasteiger partial charge in [-0.2, -0.15) is 0 Å². The van der Waals surface area contributed by atoms with Gasteiger partial charge in [0.1, 0.15) is 5.82 Å². The molecule has 0 spiro atoms. The Hall–Kier alpha value is -0.940. The molecule has 0 bridgehead atoms. The Kier molecular flexibility index (Phi) is 5.58. The average Bonchev–Trinajstić information content (AvgIpc) is 2.33. The van der Waals surface area contributed by atoms with Gasteiger partial charge >= 0.3 is 0 Å². The highest BCUT2D eigenvalue weighted by Crippen LogP contribution is 2.21. The zero-order valence-electron chi connectivity index (χ0n) is 9.96. The van der Waals surface area contributed by atoms with E-state index in [1.807, 2.05) is 17.9 Å². The van der Waals surface area contributed by atoms with E-state index >= 15 is 0 Å². The van der Waals surface area contributed by atoms with Crippen LogP contribution in [0.4, 0.5) is 4.39 Å². The molecule has 0 aliphatic heterocycles. The Morgan fingerprint density at radius 3 is 2.82 bits per heavy atom. The zero-order valence-corrected chi connectivity index (χ0v) is 11.6. The summed E-state index contributed by atoms with van der Waals surface area (Å²) in [6.45, 7) is 3.56. The molecule has 1 rings (SSSR count). The largest absolute Gasteiger partial charge is 0.358 e. The Morgan fingerprint density at radius 1 is 1.53 bits per heavy atom. The van der Waals surface area contributed by atoms with Crippen molar-refractivity contribution in [3.8, 4) is 0 Å². The molecule has 0 fully saturated rings. The summed E-state index contributed by atoms with van der Waals surface area (Å²) in [6, 6.07) is 4.92. The second-order valence-corrected chi connectivity index (χ2v) is 4.48. The molecule has 1 N–H and O–H groups in total. The predicted octanol–water partition coefficient (Wildman–Crippen LogP) is 2.16. The molecule has 0 saturated heterocycles. The molecule has 0 radical (unpaired) electrons. The van der Waals surface area contributed by atoms with Crippen LogP contribution in [0.25, 0.3) is 0 Å². The Labute approximate surface area is 109 Å². The lowest BCUT2D eigenvalue weighted by Crippen LogP contribution is -2.35. The third-order valence-electron chi connectivity index (χ3n) is 2.52. The van der Waals surface area contributed by atoms with Crippen LogP contribution in [0.5, 0.6) is 0 Å². The minimum absolute atomic E-state index is 0.0422. The molecule has 0 heterocycles. The third-order valence-corrected chi connectivity index (χ3v) is 3.41. The van der Waals surface area contributed by atoms with E-state index < -0.39 is 0 Å². The highest BCUT2D eigenvalue weighted by Gasteiger charge is 2.11. The number of nitrogens with zero attached hydrogens (tertiary/aromatic N) is 1. The number of nitrogens with one attached hydrogen (secondary N) is 1. The van der Waals surface area contributed by atoms with Crippen LogP contribution in [0.3, 0.4) is 0 Å². The van der Waals surface area contributed by atoms with E-state index in [9.17, 15) is 9.18 Å². The fourth-order valence-corrected chi connectivity index (χ4v) is 1.86. The summed E-state index contributed by atoms with van der Waals surface area (Å²) in [6.07, 6.45) is 0. The highest BCUT2D eigenvalue weighted by molar-refractivity contribution is 9.10. The van der Waals surface area contributed by atoms with Gasteiger partial charge in [-0.15, -0.1) is 0 Å². The van der Waals surface area contributed by atoms with E-state index in [4.69, 9.17) is 0 Å². The molecule has 1 amide bonds. The number of amides is 1. The third kappa shape index (κ3) is 4.09. The van der Waals surface area contributed by atoms with Crippen molar-refractivity contribution < 1.29 is 9.18 Å². The van der Waals surface area contributed by atoms with Crippen LogP contribution in [-0.2, 0) is 11.3 Å². The van der Waals surface area contributed by atoms with Gasteiger partial charge in [-0.3, -0.25) is 9.69 Å². The summed E-state index contributed by atoms with van der Waals surface area (Å²) >= 11 is 3.22. The maximum absolute atomic E-state index is 13.3. The van der Waals surface area contributed by atoms with Gasteiger partial charge < -0.3 is 5.32 Å². The number of carbonyl (C=O) groups excluding carboxylic acids is 1. The molecule has 94 valence electrons. The van der Waals surface area contributed by atoms with E-state index in [1.165, 1.54) is 6.07 Å². The predicted molar refractivity (Wildman–Crippen MR) is 69.1 cm³/mol. The van der Waals surface area contributed by atoms with Gasteiger partial charge in [0.15, 0.2) is 0 Å². The second kappa shape index (κ2) is 6.71. The van der Waals surface area contributed by atoms with Crippen LogP contribution in [0.15, 0.2) is 22.7 Å². The van der Waals surface area contributed by atoms with Crippen molar-refractivity contribution in [2.75, 3.05) is 20.1 Å². The van der Waals surface area contributed by atoms with Gasteiger partial charge in [0.25, 0.3) is 0 Å². The summed E-state index contributed by atoms with van der Waals surface area (Å²) in [7, 11) is 1.61. The summed E-state index contributed by atoms with van der Waals surface area (Å²) in [5.74, 6) is -0.321. The molecule has 5 heteroatoms. The molecular weight excluding hydrogens is 287 g/mol. The lowest BCUT2D eigenvalue weighted by Gasteiger charge is -2.20. The first-order valence-electron chi connectivity index (χ1n) is 5.44. The fourth-order valence-electron chi connectivity index (χ4n) is 1.47. The molecule has 0 saturated carbocycles. The van der Waals surface area contributed by atoms with Crippen molar-refractivity contribution in [2.24, 2.45) is 0 Å². The fraction of sp³-hybridized carbons (Fsp3) is 0.417. The summed E-state index contributed by atoms with van der Waals surface area (Å²) in [5.41, 5.74) is 0.843. The Balaban J connectivity index is 2.73. The van der Waals surface area contributed by atoms with Gasteiger partial charge in [-0.05, 0) is 34.1 Å². The van der Waals surface area contributed by atoms with E-state index in [0.29, 0.717) is 17.6 Å². The SMILES string of the molecule is CCN(CC(=O)NC)Cc1cccc(F)c1Br. The number of likely N-dealkylation sites (N-methyl/N-ethyl adjacent to an activating group) is 2. The summed E-state index contributed by atoms with van der Waals surface area (Å²) in [4.78, 5) is 13.2. The first-order chi connectivity index (χ1) is 8.08. The standard InChI is InChI=1S/C12H16BrFN2O/c1-3-16(8-11(17)15-2)7-9-5-4-6-10(14)12(9)13/h4-6H,3,7-8H2,1-2H3,(H,15,17). The molecular formula is C12H16BrFN2O. The van der Waals surface area contributed by atoms with Gasteiger partial charge in [0, 0.05) is 13.6 Å². The Morgan fingerprint density at radius 2 is 2.24 bits per heavy atom. The lowest BCUT2D eigenvalue weighted by molar-refractivity contribution is -0.121. The molecule has 1 aromatic carbocycles. The molecule has 0 unspecified atom stereocenters. The first-order valence-corrected chi connectivity index (χ1v) is 6.23. The van der Waals surface area contributed by atoms with Crippen LogP contribution in [0.1, 0.15) is 12.5 Å². The first kappa shape index (κ1) is 14.1. The molecule has 0 atom stereocenters.